The van der Waals surface area contributed by atoms with Crippen LogP contribution in [0.1, 0.15) is 56.4 Å². The number of amides is 1. The molecule has 1 fully saturated rings. The van der Waals surface area contributed by atoms with E-state index < -0.39 is 0 Å². The van der Waals surface area contributed by atoms with Crippen molar-refractivity contribution < 1.29 is 4.79 Å². The highest BCUT2D eigenvalue weighted by molar-refractivity contribution is 7.18. The van der Waals surface area contributed by atoms with Crippen LogP contribution in [0, 0.1) is 11.8 Å². The molecule has 1 amide bonds. The van der Waals surface area contributed by atoms with Crippen LogP contribution in [0.15, 0.2) is 11.1 Å². The van der Waals surface area contributed by atoms with Crippen LogP contribution in [0.25, 0.3) is 10.2 Å². The fourth-order valence-corrected chi connectivity index (χ4v) is 5.91. The lowest BCUT2D eigenvalue weighted by Gasteiger charge is -2.33. The molecule has 146 valence electrons. The van der Waals surface area contributed by atoms with Gasteiger partial charge in [0.05, 0.1) is 11.7 Å². The average molecular weight is 388 g/mol. The van der Waals surface area contributed by atoms with E-state index in [9.17, 15) is 9.59 Å². The zero-order valence-electron chi connectivity index (χ0n) is 16.5. The molecule has 0 aromatic carbocycles. The molecule has 0 spiro atoms. The Morgan fingerprint density at radius 3 is 2.70 bits per heavy atom. The molecule has 27 heavy (non-hydrogen) atoms. The van der Waals surface area contributed by atoms with Gasteiger partial charge in [-0.25, -0.2) is 4.98 Å². The smallest absolute Gasteiger partial charge is 0.262 e. The molecule has 2 aliphatic carbocycles. The first-order valence-corrected chi connectivity index (χ1v) is 11.0. The highest BCUT2D eigenvalue weighted by Crippen LogP contribution is 2.35. The van der Waals surface area contributed by atoms with Crippen molar-refractivity contribution in [3.63, 3.8) is 0 Å². The highest BCUT2D eigenvalue weighted by Gasteiger charge is 2.26. The summed E-state index contributed by atoms with van der Waals surface area (Å²) in [5, 5.41) is 0.756. The van der Waals surface area contributed by atoms with Gasteiger partial charge < -0.3 is 4.90 Å². The number of aromatic nitrogens is 2. The molecular weight excluding hydrogens is 358 g/mol. The number of nitrogens with zero attached hydrogens (tertiary/aromatic N) is 3. The van der Waals surface area contributed by atoms with Gasteiger partial charge in [0.25, 0.3) is 5.56 Å². The fourth-order valence-electron chi connectivity index (χ4n) is 4.57. The Morgan fingerprint density at radius 1 is 1.22 bits per heavy atom. The summed E-state index contributed by atoms with van der Waals surface area (Å²) in [6.45, 7) is 4.63. The number of likely N-dealkylation sites (N-methyl/N-ethyl adjacent to an activating group) is 1. The van der Waals surface area contributed by atoms with E-state index >= 15 is 0 Å². The van der Waals surface area contributed by atoms with Crippen LogP contribution in [-0.4, -0.2) is 33.4 Å². The SMILES string of the molecule is CC1CCC(N(C)C(=O)Cn2cnc3sc4c(c3c2=O)CC[C@@H](C)C4)CC1. The van der Waals surface area contributed by atoms with E-state index in [0.717, 1.165) is 48.2 Å². The lowest BCUT2D eigenvalue weighted by molar-refractivity contribution is -0.133. The van der Waals surface area contributed by atoms with E-state index in [-0.39, 0.29) is 18.0 Å². The van der Waals surface area contributed by atoms with Crippen LogP contribution in [-0.2, 0) is 24.2 Å². The number of fused-ring (bicyclic) bond motifs is 3. The van der Waals surface area contributed by atoms with Gasteiger partial charge >= 0.3 is 0 Å². The zero-order chi connectivity index (χ0) is 19.1. The van der Waals surface area contributed by atoms with Crippen molar-refractivity contribution in [3.8, 4) is 0 Å². The Bertz CT molecular complexity index is 908. The maximum Gasteiger partial charge on any atom is 0.262 e. The van der Waals surface area contributed by atoms with Gasteiger partial charge in [-0.3, -0.25) is 14.2 Å². The summed E-state index contributed by atoms with van der Waals surface area (Å²) in [6.07, 6.45) is 9.14. The summed E-state index contributed by atoms with van der Waals surface area (Å²) in [6, 6.07) is 0.302. The third-order valence-electron chi connectivity index (χ3n) is 6.51. The first-order valence-electron chi connectivity index (χ1n) is 10.2. The third kappa shape index (κ3) is 3.56. The van der Waals surface area contributed by atoms with E-state index in [1.807, 2.05) is 11.9 Å². The number of thiophene rings is 1. The minimum atomic E-state index is -0.0499. The Balaban J connectivity index is 1.56. The number of hydrogen-bond acceptors (Lipinski definition) is 4. The maximum absolute atomic E-state index is 13.1. The number of carbonyl (C=O) groups is 1. The number of carbonyl (C=O) groups excluding carboxylic acids is 1. The Kier molecular flexibility index (Phi) is 5.10. The highest BCUT2D eigenvalue weighted by atomic mass is 32.1. The summed E-state index contributed by atoms with van der Waals surface area (Å²) >= 11 is 1.65. The number of rotatable bonds is 3. The molecule has 5 nitrogen and oxygen atoms in total. The molecule has 2 aliphatic rings. The summed E-state index contributed by atoms with van der Waals surface area (Å²) in [4.78, 5) is 34.4. The molecule has 0 unspecified atom stereocenters. The van der Waals surface area contributed by atoms with E-state index in [1.165, 1.54) is 27.8 Å². The fraction of sp³-hybridized carbons (Fsp3) is 0.667. The summed E-state index contributed by atoms with van der Waals surface area (Å²) in [7, 11) is 1.88. The van der Waals surface area contributed by atoms with Gasteiger partial charge in [0, 0.05) is 18.0 Å². The standard InChI is InChI=1S/C21H29N3O2S/c1-13-4-7-15(8-5-13)23(3)18(25)11-24-12-22-20-19(21(24)26)16-9-6-14(2)10-17(16)27-20/h12-15H,4-11H2,1-3H3/t13?,14-,15?/m1/s1. The topological polar surface area (TPSA) is 55.2 Å². The van der Waals surface area contributed by atoms with Crippen molar-refractivity contribution in [3.05, 3.63) is 27.1 Å². The van der Waals surface area contributed by atoms with Crippen molar-refractivity contribution in [2.45, 2.75) is 71.4 Å². The molecule has 6 heteroatoms. The van der Waals surface area contributed by atoms with Crippen LogP contribution in [0.4, 0.5) is 0 Å². The Labute approximate surface area is 164 Å². The van der Waals surface area contributed by atoms with Crippen molar-refractivity contribution >= 4 is 27.5 Å². The molecule has 1 saturated carbocycles. The quantitative estimate of drug-likeness (QED) is 0.808. The van der Waals surface area contributed by atoms with Gasteiger partial charge in [-0.1, -0.05) is 13.8 Å². The average Bonchev–Trinajstić information content (AvgIpc) is 3.02. The van der Waals surface area contributed by atoms with Gasteiger partial charge in [-0.2, -0.15) is 0 Å². The first-order chi connectivity index (χ1) is 12.9. The molecule has 0 aliphatic heterocycles. The van der Waals surface area contributed by atoms with Crippen LogP contribution < -0.4 is 5.56 Å². The molecule has 4 rings (SSSR count). The molecular formula is C21H29N3O2S. The van der Waals surface area contributed by atoms with E-state index in [2.05, 4.69) is 18.8 Å². The molecule has 2 heterocycles. The van der Waals surface area contributed by atoms with Crippen molar-refractivity contribution in [2.24, 2.45) is 11.8 Å². The molecule has 0 N–H and O–H groups in total. The van der Waals surface area contributed by atoms with E-state index in [0.29, 0.717) is 12.0 Å². The summed E-state index contributed by atoms with van der Waals surface area (Å²) in [5.74, 6) is 1.43. The van der Waals surface area contributed by atoms with Crippen LogP contribution in [0.2, 0.25) is 0 Å². The van der Waals surface area contributed by atoms with E-state index in [4.69, 9.17) is 0 Å². The van der Waals surface area contributed by atoms with Crippen molar-refractivity contribution in [1.82, 2.24) is 14.5 Å². The monoisotopic (exact) mass is 387 g/mol. The Hall–Kier alpha value is -1.69. The predicted octanol–water partition coefficient (Wildman–Crippen LogP) is 3.62. The zero-order valence-corrected chi connectivity index (χ0v) is 17.3. The van der Waals surface area contributed by atoms with Crippen LogP contribution >= 0.6 is 11.3 Å². The van der Waals surface area contributed by atoms with Gasteiger partial charge in [0.2, 0.25) is 5.91 Å². The van der Waals surface area contributed by atoms with Gasteiger partial charge in [0.15, 0.2) is 0 Å². The van der Waals surface area contributed by atoms with Crippen LogP contribution in [0.5, 0.6) is 0 Å². The molecule has 0 bridgehead atoms. The minimum absolute atomic E-state index is 0.00974. The second kappa shape index (κ2) is 7.38. The first kappa shape index (κ1) is 18.7. The number of hydrogen-bond donors (Lipinski definition) is 0. The lowest BCUT2D eigenvalue weighted by Crippen LogP contribution is -2.42. The van der Waals surface area contributed by atoms with Crippen LogP contribution in [0.3, 0.4) is 0 Å². The largest absolute Gasteiger partial charge is 0.341 e. The van der Waals surface area contributed by atoms with Crippen molar-refractivity contribution in [2.75, 3.05) is 7.05 Å². The van der Waals surface area contributed by atoms with Gasteiger partial charge in [-0.15, -0.1) is 11.3 Å². The van der Waals surface area contributed by atoms with Crippen molar-refractivity contribution in [1.29, 1.82) is 0 Å². The third-order valence-corrected chi connectivity index (χ3v) is 7.68. The molecule has 1 atom stereocenters. The molecule has 2 aromatic heterocycles. The normalized spacial score (nSPS) is 25.4. The predicted molar refractivity (Wildman–Crippen MR) is 109 cm³/mol. The molecule has 0 saturated heterocycles. The second-order valence-corrected chi connectivity index (χ2v) is 9.71. The molecule has 2 aromatic rings. The minimum Gasteiger partial charge on any atom is -0.341 e. The second-order valence-electron chi connectivity index (χ2n) is 8.63. The molecule has 0 radical (unpaired) electrons. The summed E-state index contributed by atoms with van der Waals surface area (Å²) in [5.41, 5.74) is 1.13. The number of aryl methyl sites for hydroxylation is 1. The van der Waals surface area contributed by atoms with E-state index in [1.54, 1.807) is 17.7 Å². The van der Waals surface area contributed by atoms with Gasteiger partial charge in [0.1, 0.15) is 11.4 Å². The lowest BCUT2D eigenvalue weighted by atomic mass is 9.87. The Morgan fingerprint density at radius 2 is 1.96 bits per heavy atom. The van der Waals surface area contributed by atoms with Gasteiger partial charge in [-0.05, 0) is 62.3 Å². The maximum atomic E-state index is 13.1. The summed E-state index contributed by atoms with van der Waals surface area (Å²) < 4.78 is 1.51.